The summed E-state index contributed by atoms with van der Waals surface area (Å²) in [6.07, 6.45) is 2.09. The fraction of sp³-hybridized carbons (Fsp3) is 0.562. The molecule has 3 heteroatoms. The van der Waals surface area contributed by atoms with Gasteiger partial charge in [0.05, 0.1) is 0 Å². The van der Waals surface area contributed by atoms with Gasteiger partial charge in [0.25, 0.3) is 0 Å². The van der Waals surface area contributed by atoms with E-state index in [4.69, 9.17) is 0 Å². The van der Waals surface area contributed by atoms with E-state index in [0.29, 0.717) is 30.2 Å². The van der Waals surface area contributed by atoms with Gasteiger partial charge in [-0.1, -0.05) is 32.0 Å². The molecule has 2 rings (SSSR count). The first-order chi connectivity index (χ1) is 9.06. The molecule has 1 heterocycles. The van der Waals surface area contributed by atoms with Crippen molar-refractivity contribution in [1.82, 2.24) is 4.90 Å². The van der Waals surface area contributed by atoms with E-state index in [1.54, 1.807) is 12.1 Å². The lowest BCUT2D eigenvalue weighted by atomic mass is 9.91. The van der Waals surface area contributed by atoms with Gasteiger partial charge in [-0.05, 0) is 36.3 Å². The summed E-state index contributed by atoms with van der Waals surface area (Å²) in [5, 5.41) is 0. The van der Waals surface area contributed by atoms with Crippen molar-refractivity contribution in [1.29, 1.82) is 0 Å². The van der Waals surface area contributed by atoms with Gasteiger partial charge in [0.2, 0.25) is 5.91 Å². The van der Waals surface area contributed by atoms with Gasteiger partial charge < -0.3 is 4.90 Å². The lowest BCUT2D eigenvalue weighted by molar-refractivity contribution is -0.133. The van der Waals surface area contributed by atoms with Crippen LogP contribution in [0.3, 0.4) is 0 Å². The Hall–Kier alpha value is -1.38. The highest BCUT2D eigenvalue weighted by Crippen LogP contribution is 2.22. The van der Waals surface area contributed by atoms with E-state index in [0.717, 1.165) is 13.1 Å². The molecule has 19 heavy (non-hydrogen) atoms. The van der Waals surface area contributed by atoms with E-state index < -0.39 is 0 Å². The minimum absolute atomic E-state index is 0.154. The van der Waals surface area contributed by atoms with Crippen molar-refractivity contribution in [3.8, 4) is 0 Å². The van der Waals surface area contributed by atoms with Crippen molar-refractivity contribution in [3.05, 3.63) is 35.6 Å². The van der Waals surface area contributed by atoms with Crippen molar-refractivity contribution >= 4 is 5.91 Å². The Morgan fingerprint density at radius 3 is 2.53 bits per heavy atom. The Kier molecular flexibility index (Phi) is 4.56. The van der Waals surface area contributed by atoms with Crippen molar-refractivity contribution in [2.75, 3.05) is 13.1 Å². The van der Waals surface area contributed by atoms with Crippen LogP contribution in [0.5, 0.6) is 0 Å². The molecule has 0 saturated carbocycles. The zero-order valence-corrected chi connectivity index (χ0v) is 11.7. The van der Waals surface area contributed by atoms with E-state index >= 15 is 0 Å². The molecule has 1 aliphatic rings. The number of halogens is 1. The molecule has 104 valence electrons. The zero-order chi connectivity index (χ0) is 13.8. The Bertz CT molecular complexity index is 436. The largest absolute Gasteiger partial charge is 0.342 e. The summed E-state index contributed by atoms with van der Waals surface area (Å²) in [5.41, 5.74) is 0.633. The van der Waals surface area contributed by atoms with E-state index in [2.05, 4.69) is 13.8 Å². The summed E-state index contributed by atoms with van der Waals surface area (Å²) in [7, 11) is 0. The first kappa shape index (κ1) is 14.0. The maximum Gasteiger partial charge on any atom is 0.222 e. The minimum Gasteiger partial charge on any atom is -0.342 e. The number of piperidine rings is 1. The predicted molar refractivity (Wildman–Crippen MR) is 74.2 cm³/mol. The summed E-state index contributed by atoms with van der Waals surface area (Å²) in [4.78, 5) is 14.1. The topological polar surface area (TPSA) is 20.3 Å². The molecule has 0 spiro atoms. The zero-order valence-electron chi connectivity index (χ0n) is 11.7. The van der Waals surface area contributed by atoms with Crippen LogP contribution in [0.1, 0.15) is 32.3 Å². The smallest absolute Gasteiger partial charge is 0.222 e. The summed E-state index contributed by atoms with van der Waals surface area (Å²) >= 11 is 0. The molecule has 1 aromatic carbocycles. The molecule has 1 fully saturated rings. The molecule has 2 atom stereocenters. The van der Waals surface area contributed by atoms with Crippen LogP contribution in [0.25, 0.3) is 0 Å². The molecule has 0 aliphatic carbocycles. The lowest BCUT2D eigenvalue weighted by Crippen LogP contribution is -2.42. The van der Waals surface area contributed by atoms with Gasteiger partial charge >= 0.3 is 0 Å². The van der Waals surface area contributed by atoms with Crippen molar-refractivity contribution in [3.63, 3.8) is 0 Å². The third-order valence-electron chi connectivity index (χ3n) is 3.79. The van der Waals surface area contributed by atoms with Crippen LogP contribution in [-0.2, 0) is 11.2 Å². The van der Waals surface area contributed by atoms with Crippen LogP contribution < -0.4 is 0 Å². The summed E-state index contributed by atoms with van der Waals surface area (Å²) in [6, 6.07) is 6.69. The van der Waals surface area contributed by atoms with E-state index in [-0.39, 0.29) is 11.7 Å². The van der Waals surface area contributed by atoms with Crippen LogP contribution >= 0.6 is 0 Å². The first-order valence-corrected chi connectivity index (χ1v) is 7.07. The molecule has 0 radical (unpaired) electrons. The number of amides is 1. The van der Waals surface area contributed by atoms with Crippen molar-refractivity contribution < 1.29 is 9.18 Å². The second kappa shape index (κ2) is 6.18. The summed E-state index contributed by atoms with van der Waals surface area (Å²) in [6.45, 7) is 6.07. The number of hydrogen-bond donors (Lipinski definition) is 0. The third kappa shape index (κ3) is 3.79. The lowest BCUT2D eigenvalue weighted by Gasteiger charge is -2.35. The maximum absolute atomic E-state index is 13.5. The number of hydrogen-bond acceptors (Lipinski definition) is 1. The monoisotopic (exact) mass is 263 g/mol. The molecule has 0 bridgehead atoms. The average molecular weight is 263 g/mol. The van der Waals surface area contributed by atoms with Crippen LogP contribution in [-0.4, -0.2) is 23.9 Å². The number of aryl methyl sites for hydroxylation is 1. The van der Waals surface area contributed by atoms with Crippen molar-refractivity contribution in [2.45, 2.75) is 33.1 Å². The van der Waals surface area contributed by atoms with Crippen LogP contribution in [0.2, 0.25) is 0 Å². The number of likely N-dealkylation sites (tertiary alicyclic amines) is 1. The second-order valence-electron chi connectivity index (χ2n) is 5.84. The van der Waals surface area contributed by atoms with E-state index in [9.17, 15) is 9.18 Å². The summed E-state index contributed by atoms with van der Waals surface area (Å²) < 4.78 is 13.5. The van der Waals surface area contributed by atoms with Gasteiger partial charge in [-0.3, -0.25) is 4.79 Å². The van der Waals surface area contributed by atoms with Gasteiger partial charge in [-0.25, -0.2) is 4.39 Å². The molecule has 0 N–H and O–H groups in total. The predicted octanol–water partition coefficient (Wildman–Crippen LogP) is 3.26. The van der Waals surface area contributed by atoms with Crippen LogP contribution in [0.4, 0.5) is 4.39 Å². The average Bonchev–Trinajstić information content (AvgIpc) is 2.36. The molecule has 2 unspecified atom stereocenters. The second-order valence-corrected chi connectivity index (χ2v) is 5.84. The molecule has 2 nitrogen and oxygen atoms in total. The fourth-order valence-electron chi connectivity index (χ4n) is 2.97. The standard InChI is InChI=1S/C16H22FNO/c1-12-9-13(2)11-18(10-12)16(19)8-7-14-5-3-4-6-15(14)17/h3-6,12-13H,7-11H2,1-2H3. The first-order valence-electron chi connectivity index (χ1n) is 7.07. The van der Waals surface area contributed by atoms with Crippen LogP contribution in [0.15, 0.2) is 24.3 Å². The summed E-state index contributed by atoms with van der Waals surface area (Å²) in [5.74, 6) is 1.08. The number of nitrogens with zero attached hydrogens (tertiary/aromatic N) is 1. The van der Waals surface area contributed by atoms with Crippen molar-refractivity contribution in [2.24, 2.45) is 11.8 Å². The molecular weight excluding hydrogens is 241 g/mol. The molecular formula is C16H22FNO. The highest BCUT2D eigenvalue weighted by molar-refractivity contribution is 5.76. The number of carbonyl (C=O) groups excluding carboxylic acids is 1. The fourth-order valence-corrected chi connectivity index (χ4v) is 2.97. The van der Waals surface area contributed by atoms with Gasteiger partial charge in [0, 0.05) is 19.5 Å². The normalized spacial score (nSPS) is 23.4. The molecule has 1 aromatic rings. The van der Waals surface area contributed by atoms with Crippen LogP contribution in [0, 0.1) is 17.7 Å². The highest BCUT2D eigenvalue weighted by atomic mass is 19.1. The number of rotatable bonds is 3. The molecule has 0 aromatic heterocycles. The Morgan fingerprint density at radius 1 is 1.26 bits per heavy atom. The Morgan fingerprint density at radius 2 is 1.89 bits per heavy atom. The SMILES string of the molecule is CC1CC(C)CN(C(=O)CCc2ccccc2F)C1. The highest BCUT2D eigenvalue weighted by Gasteiger charge is 2.25. The van der Waals surface area contributed by atoms with E-state index in [1.165, 1.54) is 12.5 Å². The van der Waals surface area contributed by atoms with Gasteiger partial charge in [0.1, 0.15) is 5.82 Å². The quantitative estimate of drug-likeness (QED) is 0.819. The maximum atomic E-state index is 13.5. The van der Waals surface area contributed by atoms with Gasteiger partial charge in [-0.2, -0.15) is 0 Å². The van der Waals surface area contributed by atoms with E-state index in [1.807, 2.05) is 11.0 Å². The van der Waals surface area contributed by atoms with Gasteiger partial charge in [-0.15, -0.1) is 0 Å². The minimum atomic E-state index is -0.212. The third-order valence-corrected chi connectivity index (χ3v) is 3.79. The number of benzene rings is 1. The molecule has 1 aliphatic heterocycles. The van der Waals surface area contributed by atoms with Gasteiger partial charge in [0.15, 0.2) is 0 Å². The Balaban J connectivity index is 1.89. The number of carbonyl (C=O) groups is 1. The molecule has 1 saturated heterocycles. The molecule has 1 amide bonds. The Labute approximate surface area is 114 Å².